The minimum Gasteiger partial charge on any atom is -0.212 e. The van der Waals surface area contributed by atoms with Crippen molar-refractivity contribution in [3.63, 3.8) is 0 Å². The highest BCUT2D eigenvalue weighted by molar-refractivity contribution is 8.14. The van der Waals surface area contributed by atoms with Gasteiger partial charge >= 0.3 is 0 Å². The van der Waals surface area contributed by atoms with Crippen LogP contribution in [0.15, 0.2) is 23.1 Å². The number of thioether (sulfide) groups is 1. The molecule has 0 N–H and O–H groups in total. The number of hydrogen-bond acceptors (Lipinski definition) is 4. The van der Waals surface area contributed by atoms with Crippen LogP contribution in [0.4, 0.5) is 0 Å². The summed E-state index contributed by atoms with van der Waals surface area (Å²) in [6.45, 7) is 0. The van der Waals surface area contributed by atoms with E-state index in [1.165, 1.54) is 11.8 Å². The SMILES string of the molecule is N#Cc1ccc(Cl)cc1SCCS(=O)(=O)Cl. The molecule has 0 saturated carbocycles. The summed E-state index contributed by atoms with van der Waals surface area (Å²) in [5.74, 6) is 0.150. The van der Waals surface area contributed by atoms with Crippen molar-refractivity contribution < 1.29 is 8.42 Å². The van der Waals surface area contributed by atoms with Gasteiger partial charge in [0.15, 0.2) is 0 Å². The summed E-state index contributed by atoms with van der Waals surface area (Å²) >= 11 is 7.02. The van der Waals surface area contributed by atoms with Crippen LogP contribution in [-0.4, -0.2) is 19.9 Å². The summed E-state index contributed by atoms with van der Waals surface area (Å²) in [7, 11) is 1.58. The summed E-state index contributed by atoms with van der Waals surface area (Å²) in [5, 5.41) is 9.33. The Morgan fingerprint density at radius 1 is 1.44 bits per heavy atom. The molecule has 86 valence electrons. The Balaban J connectivity index is 2.74. The largest absolute Gasteiger partial charge is 0.233 e. The third-order valence-corrected chi connectivity index (χ3v) is 4.35. The Labute approximate surface area is 108 Å². The molecule has 0 aliphatic carbocycles. The van der Waals surface area contributed by atoms with Gasteiger partial charge in [-0.05, 0) is 18.2 Å². The minimum atomic E-state index is -3.49. The molecule has 0 bridgehead atoms. The van der Waals surface area contributed by atoms with E-state index in [1.54, 1.807) is 18.2 Å². The number of rotatable bonds is 4. The second-order valence-corrected chi connectivity index (χ2v) is 7.31. The van der Waals surface area contributed by atoms with Crippen LogP contribution in [0.25, 0.3) is 0 Å². The summed E-state index contributed by atoms with van der Waals surface area (Å²) in [6, 6.07) is 6.85. The van der Waals surface area contributed by atoms with Crippen LogP contribution in [0.2, 0.25) is 5.02 Å². The molecule has 0 amide bonds. The Bertz CT molecular complexity index is 523. The number of nitriles is 1. The van der Waals surface area contributed by atoms with E-state index in [-0.39, 0.29) is 5.75 Å². The fourth-order valence-corrected chi connectivity index (χ4v) is 3.59. The molecule has 0 heterocycles. The van der Waals surface area contributed by atoms with Gasteiger partial charge < -0.3 is 0 Å². The first-order valence-corrected chi connectivity index (χ1v) is 8.01. The van der Waals surface area contributed by atoms with Crippen LogP contribution < -0.4 is 0 Å². The Morgan fingerprint density at radius 2 is 2.12 bits per heavy atom. The van der Waals surface area contributed by atoms with Crippen molar-refractivity contribution in [3.8, 4) is 6.07 Å². The topological polar surface area (TPSA) is 57.9 Å². The van der Waals surface area contributed by atoms with Crippen molar-refractivity contribution >= 4 is 43.1 Å². The van der Waals surface area contributed by atoms with Crippen LogP contribution in [0.5, 0.6) is 0 Å². The van der Waals surface area contributed by atoms with Gasteiger partial charge in [-0.3, -0.25) is 0 Å². The van der Waals surface area contributed by atoms with Crippen LogP contribution in [-0.2, 0) is 9.05 Å². The summed E-state index contributed by atoms with van der Waals surface area (Å²) in [5.41, 5.74) is 0.473. The molecule has 3 nitrogen and oxygen atoms in total. The molecule has 1 aromatic rings. The Kier molecular flexibility index (Phi) is 4.93. The van der Waals surface area contributed by atoms with Crippen molar-refractivity contribution in [3.05, 3.63) is 28.8 Å². The second-order valence-electron chi connectivity index (χ2n) is 2.84. The maximum absolute atomic E-state index is 10.7. The van der Waals surface area contributed by atoms with E-state index in [0.29, 0.717) is 21.2 Å². The zero-order valence-electron chi connectivity index (χ0n) is 7.98. The van der Waals surface area contributed by atoms with Gasteiger partial charge in [0.25, 0.3) is 0 Å². The lowest BCUT2D eigenvalue weighted by Crippen LogP contribution is -1.99. The first kappa shape index (κ1) is 13.7. The molecule has 0 aliphatic heterocycles. The fraction of sp³-hybridized carbons (Fsp3) is 0.222. The van der Waals surface area contributed by atoms with Crippen LogP contribution >= 0.6 is 34.0 Å². The van der Waals surface area contributed by atoms with Crippen molar-refractivity contribution in [1.82, 2.24) is 0 Å². The van der Waals surface area contributed by atoms with Crippen LogP contribution in [0.3, 0.4) is 0 Å². The molecule has 0 saturated heterocycles. The summed E-state index contributed by atoms with van der Waals surface area (Å²) in [6.07, 6.45) is 0. The predicted molar refractivity (Wildman–Crippen MR) is 66.5 cm³/mol. The van der Waals surface area contributed by atoms with Gasteiger partial charge in [-0.15, -0.1) is 11.8 Å². The maximum atomic E-state index is 10.7. The normalized spacial score (nSPS) is 11.1. The van der Waals surface area contributed by atoms with E-state index < -0.39 is 9.05 Å². The Morgan fingerprint density at radius 3 is 2.69 bits per heavy atom. The fourth-order valence-electron chi connectivity index (χ4n) is 0.959. The Hall–Kier alpha value is -0.410. The molecule has 16 heavy (non-hydrogen) atoms. The average molecular weight is 296 g/mol. The highest BCUT2D eigenvalue weighted by atomic mass is 35.7. The summed E-state index contributed by atoms with van der Waals surface area (Å²) < 4.78 is 21.4. The third-order valence-electron chi connectivity index (χ3n) is 1.65. The molecule has 1 rings (SSSR count). The highest BCUT2D eigenvalue weighted by Gasteiger charge is 2.08. The predicted octanol–water partition coefficient (Wildman–Crippen LogP) is 2.87. The van der Waals surface area contributed by atoms with Gasteiger partial charge in [0.1, 0.15) is 6.07 Å². The quantitative estimate of drug-likeness (QED) is 0.633. The smallest absolute Gasteiger partial charge is 0.212 e. The van der Waals surface area contributed by atoms with E-state index in [1.807, 2.05) is 6.07 Å². The van der Waals surface area contributed by atoms with Gasteiger partial charge in [0.2, 0.25) is 9.05 Å². The molecule has 0 aliphatic rings. The first-order chi connectivity index (χ1) is 7.42. The van der Waals surface area contributed by atoms with Gasteiger partial charge in [0.05, 0.1) is 11.3 Å². The molecule has 0 spiro atoms. The number of halogens is 2. The van der Waals surface area contributed by atoms with Crippen molar-refractivity contribution in [1.29, 1.82) is 5.26 Å². The first-order valence-electron chi connectivity index (χ1n) is 4.17. The zero-order chi connectivity index (χ0) is 12.2. The van der Waals surface area contributed by atoms with Crippen molar-refractivity contribution in [2.24, 2.45) is 0 Å². The van der Waals surface area contributed by atoms with Gasteiger partial charge in [-0.2, -0.15) is 5.26 Å². The monoisotopic (exact) mass is 295 g/mol. The average Bonchev–Trinajstić information content (AvgIpc) is 2.16. The summed E-state index contributed by atoms with van der Waals surface area (Å²) in [4.78, 5) is 0.662. The van der Waals surface area contributed by atoms with Gasteiger partial charge in [-0.25, -0.2) is 8.42 Å². The molecule has 0 aromatic heterocycles. The lowest BCUT2D eigenvalue weighted by Gasteiger charge is -2.03. The van der Waals surface area contributed by atoms with Crippen molar-refractivity contribution in [2.45, 2.75) is 4.90 Å². The van der Waals surface area contributed by atoms with Gasteiger partial charge in [0, 0.05) is 26.4 Å². The number of nitrogens with zero attached hydrogens (tertiary/aromatic N) is 1. The van der Waals surface area contributed by atoms with E-state index in [4.69, 9.17) is 27.5 Å². The molecule has 0 radical (unpaired) electrons. The molecular weight excluding hydrogens is 289 g/mol. The lowest BCUT2D eigenvalue weighted by molar-refractivity contribution is 0.611. The molecule has 7 heteroatoms. The minimum absolute atomic E-state index is 0.142. The third kappa shape index (κ3) is 4.62. The second kappa shape index (κ2) is 5.78. The standard InChI is InChI=1S/C9H7Cl2NO2S2/c10-8-2-1-7(6-12)9(5-8)15-3-4-16(11,13)14/h1-2,5H,3-4H2. The molecule has 0 fully saturated rings. The van der Waals surface area contributed by atoms with Crippen molar-refractivity contribution in [2.75, 3.05) is 11.5 Å². The number of benzene rings is 1. The van der Waals surface area contributed by atoms with Gasteiger partial charge in [-0.1, -0.05) is 11.6 Å². The van der Waals surface area contributed by atoms with E-state index in [9.17, 15) is 8.42 Å². The molecule has 0 atom stereocenters. The molecular formula is C9H7Cl2NO2S2. The van der Waals surface area contributed by atoms with E-state index in [0.717, 1.165) is 0 Å². The lowest BCUT2D eigenvalue weighted by atomic mass is 10.2. The number of hydrogen-bond donors (Lipinski definition) is 0. The maximum Gasteiger partial charge on any atom is 0.233 e. The van der Waals surface area contributed by atoms with Crippen LogP contribution in [0, 0.1) is 11.3 Å². The van der Waals surface area contributed by atoms with Crippen LogP contribution in [0.1, 0.15) is 5.56 Å². The highest BCUT2D eigenvalue weighted by Crippen LogP contribution is 2.26. The molecule has 0 unspecified atom stereocenters. The molecule has 1 aromatic carbocycles. The zero-order valence-corrected chi connectivity index (χ0v) is 11.1. The van der Waals surface area contributed by atoms with E-state index >= 15 is 0 Å². The van der Waals surface area contributed by atoms with E-state index in [2.05, 4.69) is 0 Å².